The molecule has 2 aromatic heterocycles. The van der Waals surface area contributed by atoms with Crippen LogP contribution in [-0.2, 0) is 10.8 Å². The van der Waals surface area contributed by atoms with Crippen LogP contribution in [0.25, 0.3) is 55.1 Å². The number of pyridine rings is 2. The molecule has 2 heteroatoms. The maximum absolute atomic E-state index is 5.63. The van der Waals surface area contributed by atoms with Gasteiger partial charge in [-0.3, -0.25) is 0 Å². The fraction of sp³-hybridized carbons (Fsp3) is 0.391. The number of benzene rings is 4. The molecule has 2 heterocycles. The van der Waals surface area contributed by atoms with Gasteiger partial charge in [-0.25, -0.2) is 9.97 Å². The summed E-state index contributed by atoms with van der Waals surface area (Å²) in [7, 11) is 0. The molecular formula is C46H42N2. The van der Waals surface area contributed by atoms with Crippen LogP contribution in [-0.4, -0.2) is 9.97 Å². The zero-order chi connectivity index (χ0) is 32.4. The van der Waals surface area contributed by atoms with Crippen LogP contribution in [0.15, 0.2) is 84.9 Å². The van der Waals surface area contributed by atoms with Gasteiger partial charge in [-0.15, -0.1) is 0 Å². The van der Waals surface area contributed by atoms with Gasteiger partial charge in [-0.1, -0.05) is 114 Å². The maximum Gasteiger partial charge on any atom is 0.0756 e. The largest absolute Gasteiger partial charge is 0.247 e. The number of rotatable bonds is 2. The molecule has 0 saturated heterocycles. The van der Waals surface area contributed by atoms with E-state index in [1.807, 2.05) is 0 Å². The molecule has 6 aliphatic rings. The molecule has 1 spiro atoms. The Labute approximate surface area is 283 Å². The lowest BCUT2D eigenvalue weighted by molar-refractivity contribution is 0.0209. The molecule has 236 valence electrons. The highest BCUT2D eigenvalue weighted by molar-refractivity contribution is 6.07. The minimum atomic E-state index is 0.0980. The Hall–Kier alpha value is -4.04. The van der Waals surface area contributed by atoms with E-state index in [0.717, 1.165) is 11.0 Å². The van der Waals surface area contributed by atoms with Gasteiger partial charge in [0.25, 0.3) is 0 Å². The Morgan fingerprint density at radius 1 is 0.542 bits per heavy atom. The Morgan fingerprint density at radius 2 is 1.06 bits per heavy atom. The van der Waals surface area contributed by atoms with E-state index in [1.165, 1.54) is 75.3 Å². The molecule has 2 bridgehead atoms. The van der Waals surface area contributed by atoms with Crippen LogP contribution in [0.2, 0.25) is 0 Å². The van der Waals surface area contributed by atoms with Crippen molar-refractivity contribution in [1.82, 2.24) is 9.97 Å². The molecule has 7 unspecified atom stereocenters. The molecule has 0 radical (unpaired) electrons. The quantitative estimate of drug-likeness (QED) is 0.192. The molecule has 4 saturated carbocycles. The zero-order valence-corrected chi connectivity index (χ0v) is 29.0. The van der Waals surface area contributed by atoms with E-state index < -0.39 is 0 Å². The van der Waals surface area contributed by atoms with Gasteiger partial charge >= 0.3 is 0 Å². The molecule has 12 rings (SSSR count). The summed E-state index contributed by atoms with van der Waals surface area (Å²) in [6, 6.07) is 31.9. The van der Waals surface area contributed by atoms with Crippen LogP contribution >= 0.6 is 0 Å². The maximum atomic E-state index is 5.63. The van der Waals surface area contributed by atoms with Crippen molar-refractivity contribution in [3.63, 3.8) is 0 Å². The minimum absolute atomic E-state index is 0.0980. The zero-order valence-electron chi connectivity index (χ0n) is 29.0. The van der Waals surface area contributed by atoms with Crippen LogP contribution in [0.5, 0.6) is 0 Å². The fourth-order valence-corrected chi connectivity index (χ4v) is 14.9. The summed E-state index contributed by atoms with van der Waals surface area (Å²) in [6.07, 6.45) is 5.11. The first-order valence-corrected chi connectivity index (χ1v) is 18.4. The first kappa shape index (κ1) is 26.9. The average Bonchev–Trinajstić information content (AvgIpc) is 3.30. The Morgan fingerprint density at radius 3 is 1.62 bits per heavy atom. The summed E-state index contributed by atoms with van der Waals surface area (Å²) in [5, 5.41) is 5.35. The van der Waals surface area contributed by atoms with Crippen molar-refractivity contribution >= 4 is 32.6 Å². The predicted octanol–water partition coefficient (Wildman–Crippen LogP) is 11.6. The standard InChI is InChI=1S/C46H42N2/c1-41(2)31-21-22-42(41,3)37-35(31)29-13-7-9-19-33(29)47-39(37)27-17-11-16-26-25(27)15-12-18-28(26)40-38-36(30-14-8-10-20-34(30)48-40)32-23-44(5)45(6)24-43(38,4)46(32,44)45/h7-20,31-32H,21-24H2,1-6H3. The molecule has 6 aromatic rings. The van der Waals surface area contributed by atoms with Gasteiger partial charge in [0.05, 0.1) is 22.4 Å². The third-order valence-electron chi connectivity index (χ3n) is 16.9. The summed E-state index contributed by atoms with van der Waals surface area (Å²) in [5.41, 5.74) is 15.4. The van der Waals surface area contributed by atoms with Gasteiger partial charge in [0.1, 0.15) is 0 Å². The van der Waals surface area contributed by atoms with Crippen molar-refractivity contribution in [2.75, 3.05) is 0 Å². The summed E-state index contributed by atoms with van der Waals surface area (Å²) in [5.74, 6) is 1.22. The summed E-state index contributed by atoms with van der Waals surface area (Å²) >= 11 is 0. The van der Waals surface area contributed by atoms with Gasteiger partial charge < -0.3 is 0 Å². The van der Waals surface area contributed by atoms with Crippen molar-refractivity contribution < 1.29 is 0 Å². The van der Waals surface area contributed by atoms with Gasteiger partial charge in [-0.05, 0) is 104 Å². The topological polar surface area (TPSA) is 25.8 Å². The molecule has 6 aliphatic carbocycles. The van der Waals surface area contributed by atoms with Crippen molar-refractivity contribution in [2.45, 2.75) is 89.9 Å². The Kier molecular flexibility index (Phi) is 4.24. The lowest BCUT2D eigenvalue weighted by Crippen LogP contribution is -2.49. The fourth-order valence-electron chi connectivity index (χ4n) is 14.9. The highest BCUT2D eigenvalue weighted by atomic mass is 15.1. The Balaban J connectivity index is 1.15. The lowest BCUT2D eigenvalue weighted by atomic mass is 9.50. The van der Waals surface area contributed by atoms with E-state index in [0.29, 0.717) is 28.1 Å². The van der Waals surface area contributed by atoms with Crippen molar-refractivity contribution in [2.24, 2.45) is 21.7 Å². The van der Waals surface area contributed by atoms with E-state index in [1.54, 1.807) is 16.7 Å². The van der Waals surface area contributed by atoms with Crippen molar-refractivity contribution in [1.29, 1.82) is 0 Å². The third kappa shape index (κ3) is 2.33. The van der Waals surface area contributed by atoms with E-state index in [2.05, 4.69) is 126 Å². The highest BCUT2D eigenvalue weighted by Gasteiger charge is 3.03. The molecule has 0 N–H and O–H groups in total. The molecular weight excluding hydrogens is 581 g/mol. The van der Waals surface area contributed by atoms with Gasteiger partial charge in [0.15, 0.2) is 0 Å². The normalized spacial score (nSPS) is 36.8. The van der Waals surface area contributed by atoms with Gasteiger partial charge in [0, 0.05) is 32.7 Å². The minimum Gasteiger partial charge on any atom is -0.247 e. The number of aromatic nitrogens is 2. The number of hydrogen-bond donors (Lipinski definition) is 0. The van der Waals surface area contributed by atoms with E-state index >= 15 is 0 Å². The number of nitrogens with zero attached hydrogens (tertiary/aromatic N) is 2. The molecule has 48 heavy (non-hydrogen) atoms. The molecule has 2 nitrogen and oxygen atoms in total. The molecule has 4 aromatic carbocycles. The van der Waals surface area contributed by atoms with Crippen LogP contribution in [0.1, 0.15) is 101 Å². The molecule has 7 atom stereocenters. The second-order valence-electron chi connectivity index (χ2n) is 18.1. The smallest absolute Gasteiger partial charge is 0.0756 e. The lowest BCUT2D eigenvalue weighted by Gasteiger charge is -2.52. The molecule has 0 aliphatic heterocycles. The SMILES string of the molecule is CC12CCC(c3c1c(-c1cccc4c(-c5nc6ccccc6c6c5C5(C)CC7(C)C8(C)CC6C587)cccc14)nc1ccccc31)C2(C)C. The summed E-state index contributed by atoms with van der Waals surface area (Å²) in [4.78, 5) is 11.2. The first-order valence-electron chi connectivity index (χ1n) is 18.4. The van der Waals surface area contributed by atoms with E-state index in [-0.39, 0.29) is 16.2 Å². The van der Waals surface area contributed by atoms with Gasteiger partial charge in [-0.2, -0.15) is 0 Å². The second kappa shape index (κ2) is 7.57. The predicted molar refractivity (Wildman–Crippen MR) is 197 cm³/mol. The summed E-state index contributed by atoms with van der Waals surface area (Å²) < 4.78 is 0. The molecule has 0 amide bonds. The number of para-hydroxylation sites is 2. The molecule has 4 fully saturated rings. The second-order valence-corrected chi connectivity index (χ2v) is 18.1. The van der Waals surface area contributed by atoms with E-state index in [4.69, 9.17) is 9.97 Å². The monoisotopic (exact) mass is 622 g/mol. The van der Waals surface area contributed by atoms with Crippen molar-refractivity contribution in [3.05, 3.63) is 107 Å². The Bertz CT molecular complexity index is 2530. The van der Waals surface area contributed by atoms with Crippen LogP contribution in [0.4, 0.5) is 0 Å². The first-order chi connectivity index (χ1) is 23.0. The average molecular weight is 623 g/mol. The van der Waals surface area contributed by atoms with Crippen LogP contribution in [0.3, 0.4) is 0 Å². The number of hydrogen-bond acceptors (Lipinski definition) is 2. The van der Waals surface area contributed by atoms with Crippen LogP contribution < -0.4 is 0 Å². The third-order valence-corrected chi connectivity index (χ3v) is 16.9. The van der Waals surface area contributed by atoms with E-state index in [9.17, 15) is 0 Å². The van der Waals surface area contributed by atoms with Gasteiger partial charge in [0.2, 0.25) is 0 Å². The van der Waals surface area contributed by atoms with Crippen molar-refractivity contribution in [3.8, 4) is 22.5 Å². The highest BCUT2D eigenvalue weighted by Crippen LogP contribution is 3.08. The number of fused-ring (bicyclic) bond motifs is 14. The summed E-state index contributed by atoms with van der Waals surface area (Å²) in [6.45, 7) is 15.4. The van der Waals surface area contributed by atoms with Crippen LogP contribution in [0, 0.1) is 21.7 Å².